The molecule has 0 saturated carbocycles. The summed E-state index contributed by atoms with van der Waals surface area (Å²) in [7, 11) is 1.69. The number of pyridine rings is 1. The number of rotatable bonds is 1. The Morgan fingerprint density at radius 3 is 2.75 bits per heavy atom. The molecule has 1 heterocycles. The molecule has 2 aromatic rings. The molecule has 1 aromatic heterocycles. The van der Waals surface area contributed by atoms with Gasteiger partial charge in [0.1, 0.15) is 0 Å². The summed E-state index contributed by atoms with van der Waals surface area (Å²) in [4.78, 5) is 21.5. The molecule has 0 spiro atoms. The number of nitro groups is 1. The summed E-state index contributed by atoms with van der Waals surface area (Å²) in [6.07, 6.45) is 2.69. The summed E-state index contributed by atoms with van der Waals surface area (Å²) in [6.45, 7) is 0. The zero-order valence-corrected chi connectivity index (χ0v) is 8.93. The molecule has 0 radical (unpaired) electrons. The average molecular weight is 210 g/mol. The van der Waals surface area contributed by atoms with Crippen molar-refractivity contribution in [2.75, 3.05) is 0 Å². The van der Waals surface area contributed by atoms with Gasteiger partial charge in [-0.3, -0.25) is 10.1 Å². The fourth-order valence-corrected chi connectivity index (χ4v) is 1.42. The first kappa shape index (κ1) is 12.5. The van der Waals surface area contributed by atoms with Gasteiger partial charge in [0.25, 0.3) is 5.69 Å². The van der Waals surface area contributed by atoms with Gasteiger partial charge in [-0.05, 0) is 13.1 Å². The van der Waals surface area contributed by atoms with Gasteiger partial charge in [0.2, 0.25) is 0 Å². The minimum atomic E-state index is -0.489. The first-order valence-corrected chi connectivity index (χ1v) is 4.25. The number of aromatic nitrogens is 1. The van der Waals surface area contributed by atoms with E-state index in [1.54, 1.807) is 11.6 Å². The van der Waals surface area contributed by atoms with E-state index in [1.165, 1.54) is 24.3 Å². The fourth-order valence-electron chi connectivity index (χ4n) is 1.42. The van der Waals surface area contributed by atoms with Crippen LogP contribution < -0.4 is 24.3 Å². The van der Waals surface area contributed by atoms with Crippen molar-refractivity contribution in [2.45, 2.75) is 0 Å². The minimum Gasteiger partial charge on any atom is -0.457 e. The molecule has 0 unspecified atom stereocenters. The third kappa shape index (κ3) is 2.01. The van der Waals surface area contributed by atoms with Crippen LogP contribution in [0.4, 0.5) is 5.69 Å². The molecule has 16 heavy (non-hydrogen) atoms. The summed E-state index contributed by atoms with van der Waals surface area (Å²) in [5, 5.41) is 11.0. The van der Waals surface area contributed by atoms with Crippen LogP contribution in [0.1, 0.15) is 0 Å². The molecule has 0 N–H and O–H groups in total. The molecule has 0 fully saturated rings. The van der Waals surface area contributed by atoms with Crippen LogP contribution in [0.5, 0.6) is 0 Å². The van der Waals surface area contributed by atoms with Gasteiger partial charge in [-0.1, -0.05) is 23.2 Å². The van der Waals surface area contributed by atoms with Crippen molar-refractivity contribution in [1.82, 2.24) is 4.57 Å². The number of fused-ring (bicyclic) bond motifs is 1. The minimum absolute atomic E-state index is 0. The summed E-state index contributed by atoms with van der Waals surface area (Å²) < 4.78 is 1.56. The molecule has 0 atom stereocenters. The van der Waals surface area contributed by atoms with Crippen molar-refractivity contribution >= 4 is 16.6 Å². The van der Waals surface area contributed by atoms with Crippen LogP contribution in [0.15, 0.2) is 29.1 Å². The van der Waals surface area contributed by atoms with Crippen molar-refractivity contribution in [3.8, 4) is 0 Å². The van der Waals surface area contributed by atoms with Crippen LogP contribution in [-0.4, -0.2) is 9.49 Å². The molecule has 1 aromatic carbocycles. The molecule has 76 valence electrons. The number of nitro benzene ring substituents is 1. The first-order chi connectivity index (χ1) is 7.09. The third-order valence-corrected chi connectivity index (χ3v) is 2.21. The number of hydrogen-bond acceptors (Lipinski definition) is 3. The molecule has 5 nitrogen and oxygen atoms in total. The summed E-state index contributed by atoms with van der Waals surface area (Å²) in [5.74, 6) is 0. The third-order valence-electron chi connectivity index (χ3n) is 2.21. The molecule has 0 aliphatic rings. The average Bonchev–Trinajstić information content (AvgIpc) is 2.23. The predicted molar refractivity (Wildman–Crippen MR) is 54.7 cm³/mol. The second-order valence-electron chi connectivity index (χ2n) is 3.16. The Morgan fingerprint density at radius 1 is 1.44 bits per heavy atom. The number of benzene rings is 1. The van der Waals surface area contributed by atoms with Crippen molar-refractivity contribution in [1.29, 1.82) is 0 Å². The molecular formula is C10H7LiN2O3. The zero-order chi connectivity index (χ0) is 11.0. The molecule has 2 rings (SSSR count). The number of nitrogens with zero attached hydrogens (tertiary/aromatic N) is 2. The van der Waals surface area contributed by atoms with E-state index in [0.29, 0.717) is 10.9 Å². The molecule has 0 amide bonds. The Labute approximate surface area is 103 Å². The second kappa shape index (κ2) is 4.52. The van der Waals surface area contributed by atoms with Crippen LogP contribution in [0, 0.1) is 16.3 Å². The Hall–Kier alpha value is -1.57. The van der Waals surface area contributed by atoms with Gasteiger partial charge in [-0.25, -0.2) is 0 Å². The quantitative estimate of drug-likeness (QED) is 0.243. The largest absolute Gasteiger partial charge is 1.00 e. The van der Waals surface area contributed by atoms with E-state index >= 15 is 0 Å². The Kier molecular flexibility index (Phi) is 3.53. The van der Waals surface area contributed by atoms with E-state index in [9.17, 15) is 14.9 Å². The molecule has 0 aliphatic carbocycles. The predicted octanol–water partition coefficient (Wildman–Crippen LogP) is -1.75. The maximum Gasteiger partial charge on any atom is 1.00 e. The Bertz CT molecular complexity index is 607. The first-order valence-electron chi connectivity index (χ1n) is 4.25. The maximum atomic E-state index is 11.4. The molecule has 0 saturated heterocycles. The number of aryl methyl sites for hydroxylation is 1. The smallest absolute Gasteiger partial charge is 0.457 e. The van der Waals surface area contributed by atoms with E-state index in [0.717, 1.165) is 0 Å². The maximum absolute atomic E-state index is 11.4. The van der Waals surface area contributed by atoms with Gasteiger partial charge >= 0.3 is 18.9 Å². The fraction of sp³-hybridized carbons (Fsp3) is 0.100. The van der Waals surface area contributed by atoms with E-state index in [-0.39, 0.29) is 30.0 Å². The Morgan fingerprint density at radius 2 is 2.12 bits per heavy atom. The van der Waals surface area contributed by atoms with Crippen molar-refractivity contribution in [2.24, 2.45) is 7.05 Å². The molecule has 6 heteroatoms. The second-order valence-corrected chi connectivity index (χ2v) is 3.16. The van der Waals surface area contributed by atoms with Gasteiger partial charge in [0.15, 0.2) is 0 Å². The van der Waals surface area contributed by atoms with Crippen LogP contribution in [0.3, 0.4) is 0 Å². The van der Waals surface area contributed by atoms with Crippen LogP contribution >= 0.6 is 0 Å². The van der Waals surface area contributed by atoms with Crippen molar-refractivity contribution in [3.05, 3.63) is 50.8 Å². The summed E-state index contributed by atoms with van der Waals surface area (Å²) in [6, 6.07) is 5.47. The zero-order valence-electron chi connectivity index (χ0n) is 8.93. The van der Waals surface area contributed by atoms with E-state index in [2.05, 4.69) is 6.20 Å². The summed E-state index contributed by atoms with van der Waals surface area (Å²) in [5.41, 5.74) is 0.298. The Balaban J connectivity index is 0.00000128. The molecule has 0 aliphatic heterocycles. The molecule has 0 bridgehead atoms. The standard InChI is InChI=1S/C10H7N2O3.Li/c1-11-5-4-10(13)8-3-2-7(12(14)15)6-9(8)11;/h2-4,6H,1H3;/q-1;+1. The van der Waals surface area contributed by atoms with E-state index in [4.69, 9.17) is 0 Å². The van der Waals surface area contributed by atoms with Gasteiger partial charge in [-0.2, -0.15) is 0 Å². The van der Waals surface area contributed by atoms with Gasteiger partial charge in [0.05, 0.1) is 10.4 Å². The topological polar surface area (TPSA) is 65.1 Å². The SMILES string of the molecule is Cn1[c-]cc(=O)c2ccc([N+](=O)[O-])cc21.[Li+]. The van der Waals surface area contributed by atoms with Gasteiger partial charge in [-0.15, -0.1) is 6.07 Å². The normalized spacial score (nSPS) is 9.81. The number of non-ortho nitro benzene ring substituents is 1. The summed E-state index contributed by atoms with van der Waals surface area (Å²) >= 11 is 0. The van der Waals surface area contributed by atoms with E-state index < -0.39 is 4.92 Å². The van der Waals surface area contributed by atoms with Crippen LogP contribution in [-0.2, 0) is 7.05 Å². The van der Waals surface area contributed by atoms with Crippen molar-refractivity contribution in [3.63, 3.8) is 0 Å². The van der Waals surface area contributed by atoms with Crippen LogP contribution in [0.2, 0.25) is 0 Å². The van der Waals surface area contributed by atoms with Crippen LogP contribution in [0.25, 0.3) is 10.9 Å². The van der Waals surface area contributed by atoms with Crippen molar-refractivity contribution < 1.29 is 23.8 Å². The van der Waals surface area contributed by atoms with E-state index in [1.807, 2.05) is 0 Å². The number of hydrogen-bond donors (Lipinski definition) is 0. The van der Waals surface area contributed by atoms with Gasteiger partial charge < -0.3 is 9.36 Å². The molecular weight excluding hydrogens is 203 g/mol. The van der Waals surface area contributed by atoms with Gasteiger partial charge in [0, 0.05) is 6.07 Å². The monoisotopic (exact) mass is 210 g/mol.